The van der Waals surface area contributed by atoms with Crippen molar-refractivity contribution in [2.24, 2.45) is 0 Å². The summed E-state index contributed by atoms with van der Waals surface area (Å²) in [6, 6.07) is 1.81. The van der Waals surface area contributed by atoms with Crippen molar-refractivity contribution in [1.29, 1.82) is 0 Å². The highest BCUT2D eigenvalue weighted by atomic mass is 32.2. The number of hydrogen-bond acceptors (Lipinski definition) is 6. The lowest BCUT2D eigenvalue weighted by Crippen LogP contribution is -2.40. The SMILES string of the molecule is CCNc1cc(NCCNS(=O)(=O)N2CCCC2)nc(C)n1. The average molecular weight is 328 g/mol. The minimum atomic E-state index is -3.34. The molecule has 0 spiro atoms. The average Bonchev–Trinajstić information content (AvgIpc) is 2.98. The van der Waals surface area contributed by atoms with E-state index in [2.05, 4.69) is 25.3 Å². The smallest absolute Gasteiger partial charge is 0.279 e. The van der Waals surface area contributed by atoms with Crippen LogP contribution in [0.3, 0.4) is 0 Å². The van der Waals surface area contributed by atoms with E-state index in [-0.39, 0.29) is 0 Å². The van der Waals surface area contributed by atoms with Crippen molar-refractivity contribution in [2.45, 2.75) is 26.7 Å². The summed E-state index contributed by atoms with van der Waals surface area (Å²) in [5, 5.41) is 6.24. The van der Waals surface area contributed by atoms with Gasteiger partial charge in [-0.1, -0.05) is 0 Å². The molecule has 1 aromatic heterocycles. The van der Waals surface area contributed by atoms with Crippen molar-refractivity contribution in [3.8, 4) is 0 Å². The molecule has 9 heteroatoms. The third-order valence-corrected chi connectivity index (χ3v) is 4.93. The summed E-state index contributed by atoms with van der Waals surface area (Å²) in [5.74, 6) is 2.11. The van der Waals surface area contributed by atoms with Crippen molar-refractivity contribution in [2.75, 3.05) is 43.4 Å². The molecule has 2 rings (SSSR count). The quantitative estimate of drug-likeness (QED) is 0.603. The number of rotatable bonds is 8. The Morgan fingerprint density at radius 1 is 1.14 bits per heavy atom. The van der Waals surface area contributed by atoms with Crippen LogP contribution < -0.4 is 15.4 Å². The van der Waals surface area contributed by atoms with Crippen LogP contribution in [0.15, 0.2) is 6.07 Å². The highest BCUT2D eigenvalue weighted by Crippen LogP contribution is 2.12. The molecule has 1 aromatic rings. The van der Waals surface area contributed by atoms with Gasteiger partial charge in [-0.15, -0.1) is 0 Å². The zero-order valence-electron chi connectivity index (χ0n) is 13.1. The minimum absolute atomic E-state index is 0.318. The summed E-state index contributed by atoms with van der Waals surface area (Å²) in [6.07, 6.45) is 1.87. The minimum Gasteiger partial charge on any atom is -0.370 e. The van der Waals surface area contributed by atoms with Gasteiger partial charge in [0, 0.05) is 38.8 Å². The van der Waals surface area contributed by atoms with Crippen LogP contribution in [-0.4, -0.2) is 55.4 Å². The van der Waals surface area contributed by atoms with Crippen molar-refractivity contribution in [1.82, 2.24) is 19.0 Å². The third-order valence-electron chi connectivity index (χ3n) is 3.32. The van der Waals surface area contributed by atoms with Crippen molar-refractivity contribution < 1.29 is 8.42 Å². The first-order valence-corrected chi connectivity index (χ1v) is 9.03. The molecule has 1 aliphatic heterocycles. The Labute approximate surface area is 131 Å². The van der Waals surface area contributed by atoms with E-state index in [0.29, 0.717) is 37.8 Å². The summed E-state index contributed by atoms with van der Waals surface area (Å²) in [5.41, 5.74) is 0. The molecule has 22 heavy (non-hydrogen) atoms. The second kappa shape index (κ2) is 7.70. The van der Waals surface area contributed by atoms with E-state index in [4.69, 9.17) is 0 Å². The van der Waals surface area contributed by atoms with Gasteiger partial charge in [0.1, 0.15) is 17.5 Å². The Morgan fingerprint density at radius 3 is 2.41 bits per heavy atom. The molecule has 0 radical (unpaired) electrons. The molecule has 3 N–H and O–H groups in total. The normalized spacial score (nSPS) is 15.9. The molecule has 1 aliphatic rings. The standard InChI is InChI=1S/C13H24N6O2S/c1-3-14-12-10-13(18-11(2)17-12)15-6-7-16-22(20,21)19-8-4-5-9-19/h10,16H,3-9H2,1-2H3,(H2,14,15,17,18). The second-order valence-electron chi connectivity index (χ2n) is 5.15. The van der Waals surface area contributed by atoms with E-state index >= 15 is 0 Å². The maximum atomic E-state index is 12.0. The highest BCUT2D eigenvalue weighted by Gasteiger charge is 2.24. The zero-order valence-corrected chi connectivity index (χ0v) is 13.9. The fraction of sp³-hybridized carbons (Fsp3) is 0.692. The van der Waals surface area contributed by atoms with Gasteiger partial charge in [0.2, 0.25) is 0 Å². The number of aromatic nitrogens is 2. The van der Waals surface area contributed by atoms with Gasteiger partial charge in [-0.3, -0.25) is 0 Å². The molecule has 0 atom stereocenters. The van der Waals surface area contributed by atoms with Gasteiger partial charge < -0.3 is 10.6 Å². The van der Waals surface area contributed by atoms with Crippen molar-refractivity contribution in [3.63, 3.8) is 0 Å². The molecule has 0 bridgehead atoms. The lowest BCUT2D eigenvalue weighted by molar-refractivity contribution is 0.466. The first-order valence-electron chi connectivity index (χ1n) is 7.59. The molecule has 124 valence electrons. The first kappa shape index (κ1) is 16.9. The number of anilines is 2. The highest BCUT2D eigenvalue weighted by molar-refractivity contribution is 7.87. The van der Waals surface area contributed by atoms with Crippen molar-refractivity contribution >= 4 is 21.8 Å². The molecule has 0 saturated carbocycles. The molecule has 0 aromatic carbocycles. The summed E-state index contributed by atoms with van der Waals surface area (Å²) < 4.78 is 28.1. The number of aryl methyl sites for hydroxylation is 1. The molecule has 1 saturated heterocycles. The molecule has 0 unspecified atom stereocenters. The molecular weight excluding hydrogens is 304 g/mol. The molecule has 0 aliphatic carbocycles. The van der Waals surface area contributed by atoms with E-state index < -0.39 is 10.2 Å². The van der Waals surface area contributed by atoms with E-state index in [1.54, 1.807) is 0 Å². The van der Waals surface area contributed by atoms with E-state index in [1.165, 1.54) is 4.31 Å². The zero-order chi connectivity index (χ0) is 16.0. The van der Waals surface area contributed by atoms with Crippen LogP contribution in [-0.2, 0) is 10.2 Å². The van der Waals surface area contributed by atoms with Gasteiger partial charge in [-0.05, 0) is 26.7 Å². The van der Waals surface area contributed by atoms with Crippen LogP contribution in [0.5, 0.6) is 0 Å². The predicted molar refractivity (Wildman–Crippen MR) is 87.2 cm³/mol. The van der Waals surface area contributed by atoms with Gasteiger partial charge in [0.05, 0.1) is 0 Å². The van der Waals surface area contributed by atoms with Crippen LogP contribution in [0, 0.1) is 6.92 Å². The van der Waals surface area contributed by atoms with E-state index in [1.807, 2.05) is 19.9 Å². The summed E-state index contributed by atoms with van der Waals surface area (Å²) >= 11 is 0. The maximum absolute atomic E-state index is 12.0. The van der Waals surface area contributed by atoms with Crippen LogP contribution >= 0.6 is 0 Å². The van der Waals surface area contributed by atoms with Crippen LogP contribution in [0.2, 0.25) is 0 Å². The van der Waals surface area contributed by atoms with Gasteiger partial charge >= 0.3 is 0 Å². The topological polar surface area (TPSA) is 99.2 Å². The van der Waals surface area contributed by atoms with Crippen molar-refractivity contribution in [3.05, 3.63) is 11.9 Å². The van der Waals surface area contributed by atoms with E-state index in [9.17, 15) is 8.42 Å². The molecule has 8 nitrogen and oxygen atoms in total. The predicted octanol–water partition coefficient (Wildman–Crippen LogP) is 0.559. The summed E-state index contributed by atoms with van der Waals surface area (Å²) in [7, 11) is -3.34. The van der Waals surface area contributed by atoms with Crippen LogP contribution in [0.4, 0.5) is 11.6 Å². The maximum Gasteiger partial charge on any atom is 0.279 e. The number of hydrogen-bond donors (Lipinski definition) is 3. The summed E-state index contributed by atoms with van der Waals surface area (Å²) in [4.78, 5) is 8.54. The van der Waals surface area contributed by atoms with Crippen LogP contribution in [0.1, 0.15) is 25.6 Å². The third kappa shape index (κ3) is 4.79. The Balaban J connectivity index is 1.81. The lowest BCUT2D eigenvalue weighted by Gasteiger charge is -2.16. The largest absolute Gasteiger partial charge is 0.370 e. The molecule has 1 fully saturated rings. The van der Waals surface area contributed by atoms with Gasteiger partial charge in [0.25, 0.3) is 10.2 Å². The monoisotopic (exact) mass is 328 g/mol. The van der Waals surface area contributed by atoms with Gasteiger partial charge in [-0.25, -0.2) is 14.7 Å². The number of nitrogens with one attached hydrogen (secondary N) is 3. The molecular formula is C13H24N6O2S. The summed E-state index contributed by atoms with van der Waals surface area (Å²) in [6.45, 7) is 6.61. The Hall–Kier alpha value is -1.45. The molecule has 2 heterocycles. The fourth-order valence-corrected chi connectivity index (χ4v) is 3.60. The van der Waals surface area contributed by atoms with Crippen LogP contribution in [0.25, 0.3) is 0 Å². The Bertz CT molecular complexity index is 586. The first-order chi connectivity index (χ1) is 10.5. The number of nitrogens with zero attached hydrogens (tertiary/aromatic N) is 3. The molecule has 0 amide bonds. The van der Waals surface area contributed by atoms with E-state index in [0.717, 1.165) is 25.2 Å². The lowest BCUT2D eigenvalue weighted by atomic mass is 10.4. The fourth-order valence-electron chi connectivity index (χ4n) is 2.32. The second-order valence-corrected chi connectivity index (χ2v) is 6.90. The Kier molecular flexibility index (Phi) is 5.92. The van der Waals surface area contributed by atoms with Gasteiger partial charge in [0.15, 0.2) is 0 Å². The Morgan fingerprint density at radius 2 is 1.77 bits per heavy atom. The van der Waals surface area contributed by atoms with Gasteiger partial charge in [-0.2, -0.15) is 12.7 Å².